The van der Waals surface area contributed by atoms with Gasteiger partial charge in [0.25, 0.3) is 0 Å². The van der Waals surface area contributed by atoms with E-state index in [1.807, 2.05) is 0 Å². The van der Waals surface area contributed by atoms with Gasteiger partial charge in [-0.15, -0.1) is 35.5 Å². The maximum absolute atomic E-state index is 3.30. The topological polar surface area (TPSA) is 0 Å². The van der Waals surface area contributed by atoms with Crippen LogP contribution < -0.4 is 24.8 Å². The van der Waals surface area contributed by atoms with E-state index in [0.717, 1.165) is 25.7 Å². The van der Waals surface area contributed by atoms with Crippen LogP contribution in [0.5, 0.6) is 0 Å². The van der Waals surface area contributed by atoms with Crippen LogP contribution in [0.4, 0.5) is 0 Å². The summed E-state index contributed by atoms with van der Waals surface area (Å²) in [7, 11) is 0. The molecule has 23 heavy (non-hydrogen) atoms. The van der Waals surface area contributed by atoms with Gasteiger partial charge >= 0.3 is 26.2 Å². The van der Waals surface area contributed by atoms with Crippen LogP contribution in [-0.2, 0) is 26.2 Å². The van der Waals surface area contributed by atoms with Crippen molar-refractivity contribution in [2.45, 2.75) is 25.7 Å². The molecule has 0 atom stereocenters. The Bertz CT molecular complexity index is 570. The zero-order valence-electron chi connectivity index (χ0n) is 12.9. The molecule has 0 amide bonds. The van der Waals surface area contributed by atoms with Gasteiger partial charge in [-0.1, -0.05) is 50.0 Å². The Kier molecular flexibility index (Phi) is 11.5. The zero-order chi connectivity index (χ0) is 13.6. The molecule has 0 bridgehead atoms. The second-order valence-corrected chi connectivity index (χ2v) is 5.04. The number of halogens is 2. The third kappa shape index (κ3) is 6.42. The minimum atomic E-state index is 0. The summed E-state index contributed by atoms with van der Waals surface area (Å²) in [5.74, 6) is 0. The molecule has 0 heterocycles. The van der Waals surface area contributed by atoms with Crippen molar-refractivity contribution in [3.05, 3.63) is 95.2 Å². The Morgan fingerprint density at radius 1 is 0.652 bits per heavy atom. The van der Waals surface area contributed by atoms with E-state index in [0.29, 0.717) is 0 Å². The molecular formula is C20H18Cl2Zr. The molecule has 0 aromatic carbocycles. The third-order valence-corrected chi connectivity index (χ3v) is 3.62. The number of allylic oxidation sites excluding steroid dienone is 16. The Labute approximate surface area is 171 Å². The van der Waals surface area contributed by atoms with Crippen LogP contribution in [-0.4, -0.2) is 0 Å². The van der Waals surface area contributed by atoms with Crippen molar-refractivity contribution >= 4 is 0 Å². The first-order valence-electron chi connectivity index (χ1n) is 7.20. The van der Waals surface area contributed by atoms with Crippen LogP contribution in [0.2, 0.25) is 0 Å². The molecule has 0 fully saturated rings. The van der Waals surface area contributed by atoms with Crippen LogP contribution in [0.3, 0.4) is 0 Å². The van der Waals surface area contributed by atoms with Crippen LogP contribution in [0.1, 0.15) is 25.7 Å². The SMILES string of the molecule is [C-]1=C(C2=CC=CC2)C=CC1.[C-]1=C(C2=CC=CC2)C=CC1.[Cl-].[Cl-].[Zr+4]. The summed E-state index contributed by atoms with van der Waals surface area (Å²) < 4.78 is 0. The predicted octanol–water partition coefficient (Wildman–Crippen LogP) is -0.870. The minimum absolute atomic E-state index is 0. The van der Waals surface area contributed by atoms with E-state index in [2.05, 4.69) is 72.9 Å². The largest absolute Gasteiger partial charge is 4.00 e. The van der Waals surface area contributed by atoms with Gasteiger partial charge in [0.1, 0.15) is 0 Å². The van der Waals surface area contributed by atoms with Gasteiger partial charge in [0.2, 0.25) is 0 Å². The molecule has 4 rings (SSSR count). The van der Waals surface area contributed by atoms with Crippen molar-refractivity contribution < 1.29 is 51.0 Å². The van der Waals surface area contributed by atoms with Gasteiger partial charge in [-0.25, -0.2) is 0 Å². The van der Waals surface area contributed by atoms with E-state index in [1.165, 1.54) is 22.3 Å². The molecule has 0 aliphatic heterocycles. The van der Waals surface area contributed by atoms with E-state index < -0.39 is 0 Å². The maximum Gasteiger partial charge on any atom is 4.00 e. The first kappa shape index (κ1) is 22.4. The maximum atomic E-state index is 3.30. The number of hydrogen-bond donors (Lipinski definition) is 0. The molecule has 0 radical (unpaired) electrons. The van der Waals surface area contributed by atoms with Crippen molar-refractivity contribution in [1.82, 2.24) is 0 Å². The molecular weight excluding hydrogens is 402 g/mol. The Balaban J connectivity index is 0.000000372. The molecule has 0 aromatic rings. The van der Waals surface area contributed by atoms with Gasteiger partial charge < -0.3 is 24.8 Å². The first-order valence-corrected chi connectivity index (χ1v) is 7.20. The van der Waals surface area contributed by atoms with E-state index in [1.54, 1.807) is 0 Å². The first-order chi connectivity index (χ1) is 9.93. The summed E-state index contributed by atoms with van der Waals surface area (Å²) in [5, 5.41) is 0. The normalized spacial score (nSPS) is 18.8. The monoisotopic (exact) mass is 418 g/mol. The second-order valence-electron chi connectivity index (χ2n) is 5.04. The van der Waals surface area contributed by atoms with Crippen LogP contribution in [0, 0.1) is 12.2 Å². The second kappa shape index (κ2) is 11.8. The van der Waals surface area contributed by atoms with Crippen molar-refractivity contribution in [3.63, 3.8) is 0 Å². The molecule has 0 spiro atoms. The summed E-state index contributed by atoms with van der Waals surface area (Å²) in [6, 6.07) is 0. The van der Waals surface area contributed by atoms with Crippen molar-refractivity contribution in [3.8, 4) is 0 Å². The summed E-state index contributed by atoms with van der Waals surface area (Å²) in [5.41, 5.74) is 5.41. The average molecular weight is 420 g/mol. The smallest absolute Gasteiger partial charge is 1.00 e. The molecule has 4 aliphatic carbocycles. The summed E-state index contributed by atoms with van der Waals surface area (Å²) in [6.07, 6.45) is 32.3. The molecule has 4 aliphatic rings. The van der Waals surface area contributed by atoms with Gasteiger partial charge in [0, 0.05) is 0 Å². The Morgan fingerprint density at radius 2 is 1.09 bits per heavy atom. The van der Waals surface area contributed by atoms with Crippen molar-refractivity contribution in [2.24, 2.45) is 0 Å². The molecule has 0 aromatic heterocycles. The molecule has 0 nitrogen and oxygen atoms in total. The van der Waals surface area contributed by atoms with E-state index in [9.17, 15) is 0 Å². The van der Waals surface area contributed by atoms with Gasteiger partial charge in [-0.3, -0.25) is 0 Å². The van der Waals surface area contributed by atoms with Gasteiger partial charge in [0.05, 0.1) is 0 Å². The summed E-state index contributed by atoms with van der Waals surface area (Å²) in [4.78, 5) is 0. The third-order valence-electron chi connectivity index (χ3n) is 3.62. The fourth-order valence-electron chi connectivity index (χ4n) is 2.54. The zero-order valence-corrected chi connectivity index (χ0v) is 16.8. The number of hydrogen-bond acceptors (Lipinski definition) is 0. The molecule has 0 saturated heterocycles. The Hall–Kier alpha value is -0.617. The van der Waals surface area contributed by atoms with Crippen molar-refractivity contribution in [2.75, 3.05) is 0 Å². The molecule has 3 heteroatoms. The standard InChI is InChI=1S/2C10H9.2ClH.Zr/c2*1-2-6-9(5-1)10-7-3-4-8-10;;;/h2*1-3,5,7H,4,6H2;2*1H;/q2*-1;;;+4/p-2. The van der Waals surface area contributed by atoms with Crippen LogP contribution in [0.15, 0.2) is 83.1 Å². The average Bonchev–Trinajstić information content (AvgIpc) is 3.29. The van der Waals surface area contributed by atoms with Crippen LogP contribution in [0.25, 0.3) is 0 Å². The summed E-state index contributed by atoms with van der Waals surface area (Å²) >= 11 is 0. The summed E-state index contributed by atoms with van der Waals surface area (Å²) in [6.45, 7) is 0. The minimum Gasteiger partial charge on any atom is -1.00 e. The number of rotatable bonds is 2. The Morgan fingerprint density at radius 3 is 1.35 bits per heavy atom. The molecule has 0 N–H and O–H groups in total. The quantitative estimate of drug-likeness (QED) is 0.510. The van der Waals surface area contributed by atoms with Gasteiger partial charge in [-0.05, 0) is 0 Å². The fourth-order valence-corrected chi connectivity index (χ4v) is 2.54. The van der Waals surface area contributed by atoms with Gasteiger partial charge in [0.15, 0.2) is 0 Å². The molecule has 0 saturated carbocycles. The van der Waals surface area contributed by atoms with E-state index in [4.69, 9.17) is 0 Å². The molecule has 0 unspecified atom stereocenters. The van der Waals surface area contributed by atoms with Crippen molar-refractivity contribution in [1.29, 1.82) is 0 Å². The van der Waals surface area contributed by atoms with E-state index in [-0.39, 0.29) is 51.0 Å². The molecule has 116 valence electrons. The predicted molar refractivity (Wildman–Crippen MR) is 84.7 cm³/mol. The fraction of sp³-hybridized carbons (Fsp3) is 0.200. The van der Waals surface area contributed by atoms with Gasteiger partial charge in [-0.2, -0.15) is 35.5 Å². The van der Waals surface area contributed by atoms with E-state index >= 15 is 0 Å². The van der Waals surface area contributed by atoms with Crippen LogP contribution >= 0.6 is 0 Å².